The monoisotopic (exact) mass is 455 g/mol. The zero-order valence-corrected chi connectivity index (χ0v) is 18.3. The predicted molar refractivity (Wildman–Crippen MR) is 123 cm³/mol. The largest absolute Gasteiger partial charge is 0.338 e. The molecule has 0 spiro atoms. The maximum absolute atomic E-state index is 14.1. The Morgan fingerprint density at radius 1 is 1.09 bits per heavy atom. The Balaban J connectivity index is 1.38. The Kier molecular flexibility index (Phi) is 6.77. The summed E-state index contributed by atoms with van der Waals surface area (Å²) in [5, 5.41) is 6.34. The minimum absolute atomic E-state index is 0.138. The van der Waals surface area contributed by atoms with Gasteiger partial charge in [0.05, 0.1) is 0 Å². The fraction of sp³-hybridized carbons (Fsp3) is 0.273. The second-order valence-corrected chi connectivity index (χ2v) is 7.87. The van der Waals surface area contributed by atoms with Crippen LogP contribution in [-0.4, -0.2) is 51.9 Å². The summed E-state index contributed by atoms with van der Waals surface area (Å²) in [6.07, 6.45) is 1.47. The third kappa shape index (κ3) is 5.49. The van der Waals surface area contributed by atoms with Crippen molar-refractivity contribution in [2.24, 2.45) is 0 Å². The Labute approximate surface area is 190 Å². The molecule has 1 aliphatic rings. The SMILES string of the molecule is CC(=O)Nc1cccc(Nc2ncnc(N3CCN(Cc4c(F)cccc4Cl)CC3)n2)c1. The Hall–Kier alpha value is -3.30. The van der Waals surface area contributed by atoms with Crippen LogP contribution in [-0.2, 0) is 11.3 Å². The first-order valence-electron chi connectivity index (χ1n) is 10.2. The number of anilines is 4. The lowest BCUT2D eigenvalue weighted by molar-refractivity contribution is -0.114. The van der Waals surface area contributed by atoms with Gasteiger partial charge in [-0.25, -0.2) is 14.4 Å². The number of rotatable bonds is 6. The maximum Gasteiger partial charge on any atom is 0.231 e. The molecular weight excluding hydrogens is 433 g/mol. The summed E-state index contributed by atoms with van der Waals surface area (Å²) in [5.74, 6) is 0.566. The van der Waals surface area contributed by atoms with Crippen molar-refractivity contribution in [2.75, 3.05) is 41.7 Å². The van der Waals surface area contributed by atoms with E-state index in [4.69, 9.17) is 11.6 Å². The molecule has 8 nitrogen and oxygen atoms in total. The molecule has 0 saturated carbocycles. The first kappa shape index (κ1) is 21.9. The third-order valence-electron chi connectivity index (χ3n) is 5.10. The maximum atomic E-state index is 14.1. The molecule has 2 N–H and O–H groups in total. The second-order valence-electron chi connectivity index (χ2n) is 7.46. The average molecular weight is 456 g/mol. The number of hydrogen-bond donors (Lipinski definition) is 2. The molecule has 0 radical (unpaired) electrons. The highest BCUT2D eigenvalue weighted by Crippen LogP contribution is 2.23. The van der Waals surface area contributed by atoms with Gasteiger partial charge < -0.3 is 15.5 Å². The summed E-state index contributed by atoms with van der Waals surface area (Å²) in [4.78, 5) is 28.5. The van der Waals surface area contributed by atoms with E-state index in [0.29, 0.717) is 47.8 Å². The van der Waals surface area contributed by atoms with E-state index in [-0.39, 0.29) is 11.7 Å². The van der Waals surface area contributed by atoms with Crippen LogP contribution < -0.4 is 15.5 Å². The number of aromatic nitrogens is 3. The lowest BCUT2D eigenvalue weighted by atomic mass is 10.2. The van der Waals surface area contributed by atoms with Crippen LogP contribution in [0.4, 0.5) is 27.7 Å². The van der Waals surface area contributed by atoms with E-state index >= 15 is 0 Å². The van der Waals surface area contributed by atoms with Gasteiger partial charge in [-0.05, 0) is 30.3 Å². The van der Waals surface area contributed by atoms with E-state index in [1.807, 2.05) is 12.1 Å². The predicted octanol–water partition coefficient (Wildman–Crippen LogP) is 3.69. The molecule has 32 heavy (non-hydrogen) atoms. The number of carbonyl (C=O) groups excluding carboxylic acids is 1. The summed E-state index contributed by atoms with van der Waals surface area (Å²) in [6.45, 7) is 4.80. The van der Waals surface area contributed by atoms with Gasteiger partial charge in [-0.1, -0.05) is 23.7 Å². The van der Waals surface area contributed by atoms with Crippen LogP contribution in [0.5, 0.6) is 0 Å². The number of carbonyl (C=O) groups is 1. The highest BCUT2D eigenvalue weighted by atomic mass is 35.5. The van der Waals surface area contributed by atoms with E-state index in [2.05, 4.69) is 35.4 Å². The van der Waals surface area contributed by atoms with E-state index in [9.17, 15) is 9.18 Å². The topological polar surface area (TPSA) is 86.3 Å². The van der Waals surface area contributed by atoms with Gasteiger partial charge in [0.25, 0.3) is 0 Å². The van der Waals surface area contributed by atoms with Crippen molar-refractivity contribution >= 4 is 40.8 Å². The third-order valence-corrected chi connectivity index (χ3v) is 5.45. The molecule has 1 fully saturated rings. The van der Waals surface area contributed by atoms with E-state index < -0.39 is 0 Å². The van der Waals surface area contributed by atoms with E-state index in [0.717, 1.165) is 18.8 Å². The quantitative estimate of drug-likeness (QED) is 0.586. The molecule has 4 rings (SSSR count). The van der Waals surface area contributed by atoms with Gasteiger partial charge in [-0.2, -0.15) is 4.98 Å². The van der Waals surface area contributed by atoms with Gasteiger partial charge in [0, 0.05) is 61.6 Å². The molecule has 1 amide bonds. The number of amides is 1. The Morgan fingerprint density at radius 3 is 2.59 bits per heavy atom. The van der Waals surface area contributed by atoms with Gasteiger partial charge in [0.1, 0.15) is 12.1 Å². The molecule has 1 aromatic heterocycles. The number of nitrogens with one attached hydrogen (secondary N) is 2. The van der Waals surface area contributed by atoms with Crippen molar-refractivity contribution in [3.8, 4) is 0 Å². The molecule has 0 unspecified atom stereocenters. The Morgan fingerprint density at radius 2 is 1.84 bits per heavy atom. The molecule has 0 bridgehead atoms. The zero-order chi connectivity index (χ0) is 22.5. The van der Waals surface area contributed by atoms with Crippen molar-refractivity contribution in [2.45, 2.75) is 13.5 Å². The lowest BCUT2D eigenvalue weighted by Crippen LogP contribution is -2.46. The summed E-state index contributed by atoms with van der Waals surface area (Å²) >= 11 is 6.16. The normalized spacial score (nSPS) is 14.3. The molecule has 166 valence electrons. The zero-order valence-electron chi connectivity index (χ0n) is 17.6. The van der Waals surface area contributed by atoms with Crippen molar-refractivity contribution in [3.63, 3.8) is 0 Å². The molecule has 1 aliphatic heterocycles. The standard InChI is InChI=1S/C22H23ClFN7O/c1-15(32)27-16-4-2-5-17(12-16)28-21-25-14-26-22(29-21)31-10-8-30(9-11-31)13-18-19(23)6-3-7-20(18)24/h2-7,12,14H,8-11,13H2,1H3,(H,27,32)(H,25,26,28,29). The highest BCUT2D eigenvalue weighted by Gasteiger charge is 2.21. The van der Waals surface area contributed by atoms with Crippen molar-refractivity contribution in [3.05, 3.63) is 65.2 Å². The highest BCUT2D eigenvalue weighted by molar-refractivity contribution is 6.31. The van der Waals surface area contributed by atoms with Crippen LogP contribution >= 0.6 is 11.6 Å². The summed E-state index contributed by atoms with van der Waals surface area (Å²) in [7, 11) is 0. The smallest absolute Gasteiger partial charge is 0.231 e. The Bertz CT molecular complexity index is 1080. The second kappa shape index (κ2) is 9.88. The number of nitrogens with zero attached hydrogens (tertiary/aromatic N) is 5. The van der Waals surface area contributed by atoms with Crippen LogP contribution in [0, 0.1) is 5.82 Å². The number of benzene rings is 2. The molecule has 2 heterocycles. The molecular formula is C22H23ClFN7O. The fourth-order valence-electron chi connectivity index (χ4n) is 3.52. The van der Waals surface area contributed by atoms with E-state index in [1.54, 1.807) is 24.3 Å². The lowest BCUT2D eigenvalue weighted by Gasteiger charge is -2.34. The minimum Gasteiger partial charge on any atom is -0.338 e. The molecule has 0 aliphatic carbocycles. The van der Waals surface area contributed by atoms with Crippen LogP contribution in [0.15, 0.2) is 48.8 Å². The first-order chi connectivity index (χ1) is 15.5. The first-order valence-corrected chi connectivity index (χ1v) is 10.6. The van der Waals surface area contributed by atoms with Crippen molar-refractivity contribution < 1.29 is 9.18 Å². The number of hydrogen-bond acceptors (Lipinski definition) is 7. The molecule has 2 aromatic carbocycles. The van der Waals surface area contributed by atoms with Gasteiger partial charge in [-0.15, -0.1) is 0 Å². The van der Waals surface area contributed by atoms with Gasteiger partial charge in [-0.3, -0.25) is 9.69 Å². The molecule has 3 aromatic rings. The van der Waals surface area contributed by atoms with Crippen LogP contribution in [0.2, 0.25) is 5.02 Å². The average Bonchev–Trinajstić information content (AvgIpc) is 2.77. The van der Waals surface area contributed by atoms with Gasteiger partial charge >= 0.3 is 0 Å². The van der Waals surface area contributed by atoms with Crippen LogP contribution in [0.3, 0.4) is 0 Å². The summed E-state index contributed by atoms with van der Waals surface area (Å²) in [6, 6.07) is 12.1. The summed E-state index contributed by atoms with van der Waals surface area (Å²) < 4.78 is 14.1. The molecule has 0 atom stereocenters. The van der Waals surface area contributed by atoms with Gasteiger partial charge in [0.2, 0.25) is 17.8 Å². The van der Waals surface area contributed by atoms with Crippen LogP contribution in [0.25, 0.3) is 0 Å². The van der Waals surface area contributed by atoms with Crippen molar-refractivity contribution in [1.82, 2.24) is 19.9 Å². The number of halogens is 2. The van der Waals surface area contributed by atoms with Crippen LogP contribution in [0.1, 0.15) is 12.5 Å². The van der Waals surface area contributed by atoms with E-state index in [1.165, 1.54) is 19.3 Å². The number of piperazine rings is 1. The molecule has 1 saturated heterocycles. The minimum atomic E-state index is -0.282. The van der Waals surface area contributed by atoms with Crippen molar-refractivity contribution in [1.29, 1.82) is 0 Å². The molecule has 10 heteroatoms. The van der Waals surface area contributed by atoms with Gasteiger partial charge in [0.15, 0.2) is 0 Å². The summed E-state index contributed by atoms with van der Waals surface area (Å²) in [5.41, 5.74) is 1.96. The fourth-order valence-corrected chi connectivity index (χ4v) is 3.74.